The van der Waals surface area contributed by atoms with E-state index in [1.807, 2.05) is 54.6 Å². The summed E-state index contributed by atoms with van der Waals surface area (Å²) in [6.07, 6.45) is 0. The van der Waals surface area contributed by atoms with Crippen molar-refractivity contribution >= 4 is 69.9 Å². The van der Waals surface area contributed by atoms with Crippen molar-refractivity contribution in [3.05, 3.63) is 215 Å². The molecule has 4 atom stereocenters. The highest BCUT2D eigenvalue weighted by molar-refractivity contribution is 8.76. The maximum atomic E-state index is 11.3. The normalized spacial score (nSPS) is 12.5. The lowest BCUT2D eigenvalue weighted by Crippen LogP contribution is -2.36. The van der Waals surface area contributed by atoms with Crippen LogP contribution in [0, 0.1) is 0 Å². The molecular weight excluding hydrogens is 913 g/mol. The number of thioether (sulfide) groups is 1. The van der Waals surface area contributed by atoms with E-state index in [1.165, 1.54) is 38.3 Å². The van der Waals surface area contributed by atoms with E-state index < -0.39 is 52.8 Å². The molecular formula is C50H56N4O8S4. The number of hydrogen-bond donors (Lipinski definition) is 9. The third-order valence-corrected chi connectivity index (χ3v) is 14.0. The maximum Gasteiger partial charge on any atom is 0.321 e. The van der Waals surface area contributed by atoms with Crippen LogP contribution in [0.2, 0.25) is 0 Å². The van der Waals surface area contributed by atoms with E-state index in [0.29, 0.717) is 11.7 Å². The van der Waals surface area contributed by atoms with Crippen LogP contribution >= 0.6 is 46.0 Å². The highest BCUT2D eigenvalue weighted by Crippen LogP contribution is 2.48. The average molecular weight is 969 g/mol. The van der Waals surface area contributed by atoms with E-state index >= 15 is 0 Å². The van der Waals surface area contributed by atoms with Crippen LogP contribution in [-0.2, 0) is 23.9 Å². The molecule has 0 amide bonds. The van der Waals surface area contributed by atoms with Crippen LogP contribution in [-0.4, -0.2) is 91.5 Å². The van der Waals surface area contributed by atoms with Crippen molar-refractivity contribution < 1.29 is 39.6 Å². The van der Waals surface area contributed by atoms with Gasteiger partial charge in [-0.1, -0.05) is 204 Å². The molecule has 0 heterocycles. The molecule has 0 radical (unpaired) electrons. The number of carbonyl (C=O) groups is 4. The lowest BCUT2D eigenvalue weighted by molar-refractivity contribution is -0.138. The van der Waals surface area contributed by atoms with Gasteiger partial charge in [0, 0.05) is 28.9 Å². The second-order valence-electron chi connectivity index (χ2n) is 14.3. The van der Waals surface area contributed by atoms with Crippen molar-refractivity contribution in [2.24, 2.45) is 22.9 Å². The lowest BCUT2D eigenvalue weighted by atomic mass is 9.84. The van der Waals surface area contributed by atoms with Gasteiger partial charge in [-0.25, -0.2) is 0 Å². The third-order valence-electron chi connectivity index (χ3n) is 9.46. The lowest BCUT2D eigenvalue weighted by Gasteiger charge is -2.36. The quantitative estimate of drug-likeness (QED) is 0.0165. The van der Waals surface area contributed by atoms with Crippen LogP contribution in [0.25, 0.3) is 0 Å². The fourth-order valence-corrected chi connectivity index (χ4v) is 9.90. The van der Waals surface area contributed by atoms with Gasteiger partial charge in [-0.3, -0.25) is 19.2 Å². The number of nitrogens with two attached hydrogens (primary N) is 4. The van der Waals surface area contributed by atoms with Crippen molar-refractivity contribution in [2.75, 3.05) is 23.0 Å². The number of carboxylic acid groups (broad SMARTS) is 4. The van der Waals surface area contributed by atoms with E-state index in [0.717, 1.165) is 16.7 Å². The average Bonchev–Trinajstić information content (AvgIpc) is 3.35. The largest absolute Gasteiger partial charge is 0.480 e. The molecule has 348 valence electrons. The Kier molecular flexibility index (Phi) is 24.8. The predicted molar refractivity (Wildman–Crippen MR) is 273 cm³/mol. The van der Waals surface area contributed by atoms with Gasteiger partial charge in [-0.15, -0.1) is 11.8 Å². The molecule has 6 aromatic carbocycles. The van der Waals surface area contributed by atoms with Crippen LogP contribution < -0.4 is 22.9 Å². The van der Waals surface area contributed by atoms with Crippen LogP contribution in [0.15, 0.2) is 182 Å². The number of carboxylic acids is 4. The first-order chi connectivity index (χ1) is 31.7. The zero-order valence-corrected chi connectivity index (χ0v) is 39.3. The van der Waals surface area contributed by atoms with Crippen molar-refractivity contribution in [3.63, 3.8) is 0 Å². The minimum Gasteiger partial charge on any atom is -0.480 e. The maximum absolute atomic E-state index is 11.3. The van der Waals surface area contributed by atoms with Crippen LogP contribution in [0.4, 0.5) is 0 Å². The number of thiol groups is 1. The second-order valence-corrected chi connectivity index (χ2v) is 18.4. The summed E-state index contributed by atoms with van der Waals surface area (Å²) < 4.78 is -0.531. The van der Waals surface area contributed by atoms with Crippen LogP contribution in [0.1, 0.15) is 39.3 Å². The smallest absolute Gasteiger partial charge is 0.321 e. The van der Waals surface area contributed by atoms with E-state index in [9.17, 15) is 24.3 Å². The van der Waals surface area contributed by atoms with Crippen LogP contribution in [0.3, 0.4) is 0 Å². The Bertz CT molecular complexity index is 2100. The predicted octanol–water partition coefficient (Wildman–Crippen LogP) is 7.51. The summed E-state index contributed by atoms with van der Waals surface area (Å²) >= 11 is 5.21. The Morgan fingerprint density at radius 2 is 0.652 bits per heavy atom. The first-order valence-electron chi connectivity index (χ1n) is 20.5. The van der Waals surface area contributed by atoms with Crippen molar-refractivity contribution in [1.82, 2.24) is 0 Å². The molecule has 0 aliphatic carbocycles. The van der Waals surface area contributed by atoms with Gasteiger partial charge in [-0.2, -0.15) is 12.6 Å². The van der Waals surface area contributed by atoms with Gasteiger partial charge in [0.15, 0.2) is 0 Å². The van der Waals surface area contributed by atoms with Crippen molar-refractivity contribution in [2.45, 2.75) is 34.8 Å². The van der Waals surface area contributed by atoms with Gasteiger partial charge in [0.1, 0.15) is 24.2 Å². The highest BCUT2D eigenvalue weighted by atomic mass is 33.1. The minimum atomic E-state index is -1.07. The minimum absolute atomic E-state index is 0.190. The van der Waals surface area contributed by atoms with Gasteiger partial charge >= 0.3 is 23.9 Å². The molecule has 16 heteroatoms. The Hall–Kier alpha value is -5.56. The van der Waals surface area contributed by atoms with E-state index in [4.69, 9.17) is 38.3 Å². The fourth-order valence-electron chi connectivity index (χ4n) is 6.03. The van der Waals surface area contributed by atoms with Gasteiger partial charge < -0.3 is 43.4 Å². The zero-order valence-electron chi connectivity index (χ0n) is 35.9. The van der Waals surface area contributed by atoms with Gasteiger partial charge in [0.05, 0.1) is 4.75 Å². The fraction of sp³-hybridized carbons (Fsp3) is 0.200. The molecule has 2 unspecified atom stereocenters. The Labute approximate surface area is 403 Å². The van der Waals surface area contributed by atoms with E-state index in [-0.39, 0.29) is 17.3 Å². The van der Waals surface area contributed by atoms with E-state index in [2.05, 4.69) is 140 Å². The van der Waals surface area contributed by atoms with Crippen molar-refractivity contribution in [1.29, 1.82) is 0 Å². The summed E-state index contributed by atoms with van der Waals surface area (Å²) in [7, 11) is 2.41. The number of benzene rings is 6. The highest BCUT2D eigenvalue weighted by Gasteiger charge is 2.37. The number of hydrogen-bond acceptors (Lipinski definition) is 12. The first-order valence-corrected chi connectivity index (χ1v) is 24.6. The molecule has 0 bridgehead atoms. The number of rotatable bonds is 19. The van der Waals surface area contributed by atoms with Gasteiger partial charge in [0.25, 0.3) is 0 Å². The summed E-state index contributed by atoms with van der Waals surface area (Å²) in [5, 5.41) is 34.1. The summed E-state index contributed by atoms with van der Waals surface area (Å²) in [4.78, 5) is 41.6. The molecule has 0 aliphatic heterocycles. The monoisotopic (exact) mass is 968 g/mol. The van der Waals surface area contributed by atoms with Crippen molar-refractivity contribution in [3.8, 4) is 0 Å². The Balaban J connectivity index is 0.000000255. The van der Waals surface area contributed by atoms with Crippen LogP contribution in [0.5, 0.6) is 0 Å². The van der Waals surface area contributed by atoms with E-state index in [1.54, 1.807) is 11.8 Å². The first kappa shape index (κ1) is 54.8. The molecule has 0 aromatic heterocycles. The molecule has 0 saturated heterocycles. The summed E-state index contributed by atoms with van der Waals surface area (Å²) in [5.41, 5.74) is 28.5. The second kappa shape index (κ2) is 29.9. The molecule has 6 rings (SSSR count). The molecule has 0 saturated carbocycles. The SMILES string of the molecule is NC(CSC(c1ccccc1)(c1ccccc1)c1ccccc1)C(=O)O.NC(CSSC[C@H](N)C(=O)O)C(=O)O.N[C@@H](CS)C(=O)O.c1ccc(C(c2ccccc2)c2ccccc2)cc1. The summed E-state index contributed by atoms with van der Waals surface area (Å²) in [6, 6.07) is 58.9. The van der Waals surface area contributed by atoms with Gasteiger partial charge in [-0.05, 0) is 33.4 Å². The Morgan fingerprint density at radius 3 is 0.879 bits per heavy atom. The standard InChI is InChI=1S/C22H21NO2S.C19H16.C6H12N2O4S2.C3H7NO2S/c23-20(21(24)25)16-26-22(17-10-4-1-5-11-17,18-12-6-2-7-13-18)19-14-8-3-9-15-19;1-4-10-16(11-5-1)19(17-12-6-2-7-13-17)18-14-8-3-9-15-18;7-3(5(9)10)1-13-14-2-4(8)6(11)12;4-2(1-7)3(5)6/h1-15,20H,16,23H2,(H,24,25);1-15,19H;3-4H,1-2,7-8H2,(H,9,10)(H,11,12);2,7H,1,4H2,(H,5,6)/t;;3-,4?;2-/m..00/s1. The molecule has 0 fully saturated rings. The molecule has 66 heavy (non-hydrogen) atoms. The summed E-state index contributed by atoms with van der Waals surface area (Å²) in [6.45, 7) is 0. The Morgan fingerprint density at radius 1 is 0.409 bits per heavy atom. The molecule has 0 aliphatic rings. The molecule has 6 aromatic rings. The molecule has 12 nitrogen and oxygen atoms in total. The molecule has 0 spiro atoms. The molecule has 12 N–H and O–H groups in total. The zero-order chi connectivity index (χ0) is 48.3. The number of aliphatic carboxylic acids is 4. The topological polar surface area (TPSA) is 253 Å². The third kappa shape index (κ3) is 18.0. The van der Waals surface area contributed by atoms with Gasteiger partial charge in [0.2, 0.25) is 0 Å². The summed E-state index contributed by atoms with van der Waals surface area (Å²) in [5.74, 6) is -2.87.